The fraction of sp³-hybridized carbons (Fsp3) is 0.125. The molecule has 0 unspecified atom stereocenters. The fourth-order valence-electron chi connectivity index (χ4n) is 0.982. The maximum atomic E-state index is 4.90. The lowest BCUT2D eigenvalue weighted by Gasteiger charge is -1.93. The van der Waals surface area contributed by atoms with Gasteiger partial charge in [-0.1, -0.05) is 0 Å². The van der Waals surface area contributed by atoms with Gasteiger partial charge in [0, 0.05) is 6.20 Å². The molecule has 66 valence electrons. The maximum absolute atomic E-state index is 4.90. The highest BCUT2D eigenvalue weighted by atomic mass is 16.5. The van der Waals surface area contributed by atoms with E-state index in [-0.39, 0.29) is 0 Å². The molecule has 0 bridgehead atoms. The molecule has 2 heterocycles. The van der Waals surface area contributed by atoms with Crippen LogP contribution in [0.25, 0.3) is 11.4 Å². The van der Waals surface area contributed by atoms with E-state index in [4.69, 9.17) is 4.74 Å². The molecule has 0 amide bonds. The highest BCUT2D eigenvalue weighted by Crippen LogP contribution is 2.14. The second-order valence-electron chi connectivity index (χ2n) is 2.42. The fourth-order valence-corrected chi connectivity index (χ4v) is 0.982. The maximum Gasteiger partial charge on any atom is 0.293 e. The number of nitrogens with one attached hydrogen (secondary N) is 1. The van der Waals surface area contributed by atoms with Crippen molar-refractivity contribution in [2.75, 3.05) is 7.11 Å². The van der Waals surface area contributed by atoms with Crippen LogP contribution in [0.4, 0.5) is 0 Å². The molecule has 0 radical (unpaired) electrons. The number of rotatable bonds is 2. The van der Waals surface area contributed by atoms with Crippen LogP contribution in [0, 0.1) is 0 Å². The molecule has 0 spiro atoms. The first kappa shape index (κ1) is 7.72. The molecule has 0 saturated carbocycles. The summed E-state index contributed by atoms with van der Waals surface area (Å²) in [5.41, 5.74) is 1.54. The number of hydrogen-bond acceptors (Lipinski definition) is 4. The molecule has 0 fully saturated rings. The predicted molar refractivity (Wildman–Crippen MR) is 46.2 cm³/mol. The molecular formula is C8H8N4O. The Morgan fingerprint density at radius 3 is 3.00 bits per heavy atom. The number of methoxy groups -OCH3 is 1. The third kappa shape index (κ3) is 1.48. The van der Waals surface area contributed by atoms with Crippen molar-refractivity contribution in [2.24, 2.45) is 0 Å². The van der Waals surface area contributed by atoms with Gasteiger partial charge in [-0.2, -0.15) is 5.10 Å². The lowest BCUT2D eigenvalue weighted by molar-refractivity contribution is 0.384. The van der Waals surface area contributed by atoms with Gasteiger partial charge in [-0.05, 0) is 12.1 Å². The number of H-pyrrole nitrogens is 1. The summed E-state index contributed by atoms with van der Waals surface area (Å²) in [6, 6.07) is 4.14. The number of aromatic amines is 1. The number of hydrogen-bond donors (Lipinski definition) is 1. The molecule has 2 rings (SSSR count). The van der Waals surface area contributed by atoms with E-state index in [9.17, 15) is 0 Å². The van der Waals surface area contributed by atoms with Crippen LogP contribution >= 0.6 is 0 Å². The first-order chi connectivity index (χ1) is 6.40. The van der Waals surface area contributed by atoms with E-state index in [0.29, 0.717) is 6.01 Å². The molecule has 0 aliphatic rings. The summed E-state index contributed by atoms with van der Waals surface area (Å²) in [7, 11) is 1.55. The molecular weight excluding hydrogens is 168 g/mol. The molecule has 2 aromatic rings. The molecule has 5 heteroatoms. The number of imidazole rings is 1. The summed E-state index contributed by atoms with van der Waals surface area (Å²) in [6.45, 7) is 0. The van der Waals surface area contributed by atoms with E-state index in [1.807, 2.05) is 12.1 Å². The van der Waals surface area contributed by atoms with E-state index >= 15 is 0 Å². The van der Waals surface area contributed by atoms with Crippen molar-refractivity contribution in [3.63, 3.8) is 0 Å². The predicted octanol–water partition coefficient (Wildman–Crippen LogP) is 0.875. The van der Waals surface area contributed by atoms with E-state index in [1.165, 1.54) is 0 Å². The van der Waals surface area contributed by atoms with Gasteiger partial charge in [-0.3, -0.25) is 0 Å². The largest absolute Gasteiger partial charge is 0.468 e. The van der Waals surface area contributed by atoms with Crippen LogP contribution in [0.2, 0.25) is 0 Å². The molecule has 1 N–H and O–H groups in total. The molecule has 0 aliphatic heterocycles. The van der Waals surface area contributed by atoms with Gasteiger partial charge in [0.1, 0.15) is 5.69 Å². The third-order valence-corrected chi connectivity index (χ3v) is 1.59. The first-order valence-electron chi connectivity index (χ1n) is 3.77. The van der Waals surface area contributed by atoms with Crippen molar-refractivity contribution in [3.8, 4) is 17.4 Å². The summed E-state index contributed by atoms with van der Waals surface area (Å²) in [4.78, 5) is 6.91. The second kappa shape index (κ2) is 3.22. The van der Waals surface area contributed by atoms with Crippen LogP contribution in [0.15, 0.2) is 24.5 Å². The minimum atomic E-state index is 0.473. The zero-order chi connectivity index (χ0) is 9.10. The molecule has 0 aromatic carbocycles. The van der Waals surface area contributed by atoms with Gasteiger partial charge < -0.3 is 9.72 Å². The molecule has 0 aliphatic carbocycles. The third-order valence-electron chi connectivity index (χ3n) is 1.59. The summed E-state index contributed by atoms with van der Waals surface area (Å²) in [5, 5.41) is 7.68. The monoisotopic (exact) mass is 176 g/mol. The van der Waals surface area contributed by atoms with Gasteiger partial charge in [-0.15, -0.1) is 5.10 Å². The van der Waals surface area contributed by atoms with Crippen LogP contribution in [-0.2, 0) is 0 Å². The van der Waals surface area contributed by atoms with E-state index in [0.717, 1.165) is 11.4 Å². The highest BCUT2D eigenvalue weighted by molar-refractivity contribution is 5.52. The summed E-state index contributed by atoms with van der Waals surface area (Å²) >= 11 is 0. The Kier molecular flexibility index (Phi) is 1.91. The Morgan fingerprint density at radius 2 is 2.38 bits per heavy atom. The zero-order valence-corrected chi connectivity index (χ0v) is 7.06. The van der Waals surface area contributed by atoms with Crippen LogP contribution < -0.4 is 4.74 Å². The first-order valence-corrected chi connectivity index (χ1v) is 3.77. The van der Waals surface area contributed by atoms with Gasteiger partial charge >= 0.3 is 0 Å². The Morgan fingerprint density at radius 1 is 1.46 bits per heavy atom. The summed E-state index contributed by atoms with van der Waals surface area (Å²) < 4.78 is 4.90. The molecule has 5 nitrogen and oxygen atoms in total. The minimum Gasteiger partial charge on any atom is -0.468 e. The standard InChI is InChI=1S/C8H8N4O/c1-13-8-9-5-7(11-8)6-3-2-4-10-12-6/h2-5H,1H3,(H,9,11). The van der Waals surface area contributed by atoms with Gasteiger partial charge in [0.15, 0.2) is 0 Å². The molecule has 0 atom stereocenters. The Bertz CT molecular complexity index is 384. The van der Waals surface area contributed by atoms with Crippen LogP contribution in [0.1, 0.15) is 0 Å². The Labute approximate surface area is 74.8 Å². The summed E-state index contributed by atoms with van der Waals surface area (Å²) in [5.74, 6) is 0. The number of aromatic nitrogens is 4. The lowest BCUT2D eigenvalue weighted by atomic mass is 10.3. The number of ether oxygens (including phenoxy) is 1. The van der Waals surface area contributed by atoms with Gasteiger partial charge in [0.05, 0.1) is 19.0 Å². The quantitative estimate of drug-likeness (QED) is 0.737. The smallest absolute Gasteiger partial charge is 0.293 e. The topological polar surface area (TPSA) is 63.7 Å². The normalized spacial score (nSPS) is 9.92. The molecule has 2 aromatic heterocycles. The Balaban J connectivity index is 2.36. The van der Waals surface area contributed by atoms with Gasteiger partial charge in [0.25, 0.3) is 6.01 Å². The molecule has 0 saturated heterocycles. The minimum absolute atomic E-state index is 0.473. The van der Waals surface area contributed by atoms with Crippen molar-refractivity contribution in [2.45, 2.75) is 0 Å². The van der Waals surface area contributed by atoms with Gasteiger partial charge in [0.2, 0.25) is 0 Å². The van der Waals surface area contributed by atoms with Crippen LogP contribution in [0.5, 0.6) is 6.01 Å². The SMILES string of the molecule is COc1ncc(-c2cccnn2)[nH]1. The van der Waals surface area contributed by atoms with E-state index in [1.54, 1.807) is 19.5 Å². The van der Waals surface area contributed by atoms with Crippen molar-refractivity contribution in [3.05, 3.63) is 24.5 Å². The Hall–Kier alpha value is -1.91. The average molecular weight is 176 g/mol. The van der Waals surface area contributed by atoms with Crippen molar-refractivity contribution in [1.82, 2.24) is 20.2 Å². The van der Waals surface area contributed by atoms with Crippen molar-refractivity contribution < 1.29 is 4.74 Å². The molecule has 13 heavy (non-hydrogen) atoms. The van der Waals surface area contributed by atoms with Crippen LogP contribution in [-0.4, -0.2) is 27.3 Å². The van der Waals surface area contributed by atoms with Gasteiger partial charge in [-0.25, -0.2) is 4.98 Å². The second-order valence-corrected chi connectivity index (χ2v) is 2.42. The lowest BCUT2D eigenvalue weighted by Crippen LogP contribution is -1.86. The number of nitrogens with zero attached hydrogens (tertiary/aromatic N) is 3. The van der Waals surface area contributed by atoms with E-state index in [2.05, 4.69) is 20.2 Å². The van der Waals surface area contributed by atoms with E-state index < -0.39 is 0 Å². The zero-order valence-electron chi connectivity index (χ0n) is 7.06. The van der Waals surface area contributed by atoms with Crippen molar-refractivity contribution in [1.29, 1.82) is 0 Å². The van der Waals surface area contributed by atoms with Crippen LogP contribution in [0.3, 0.4) is 0 Å². The van der Waals surface area contributed by atoms with Crippen molar-refractivity contribution >= 4 is 0 Å². The highest BCUT2D eigenvalue weighted by Gasteiger charge is 2.03. The average Bonchev–Trinajstić information content (AvgIpc) is 2.67. The summed E-state index contributed by atoms with van der Waals surface area (Å²) in [6.07, 6.45) is 3.28.